The molecule has 2 fully saturated rings. The average Bonchev–Trinajstić information content (AvgIpc) is 2.78. The SMILES string of the molecule is N#CC=CCC[C@H]1CC[C@H](OC(=O)[C@H]2CC[C@H](c3ccc(C#N)cc3)CC2)CC1. The minimum atomic E-state index is 0.00341. The van der Waals surface area contributed by atoms with Gasteiger partial charge < -0.3 is 4.74 Å². The predicted octanol–water partition coefficient (Wildman–Crippen LogP) is 5.79. The number of carbonyl (C=O) groups excluding carboxylic acids is 1. The summed E-state index contributed by atoms with van der Waals surface area (Å²) in [7, 11) is 0. The summed E-state index contributed by atoms with van der Waals surface area (Å²) in [4.78, 5) is 12.6. The Morgan fingerprint density at radius 3 is 2.31 bits per heavy atom. The molecule has 0 heterocycles. The Morgan fingerprint density at radius 1 is 1.00 bits per heavy atom. The van der Waals surface area contributed by atoms with E-state index in [9.17, 15) is 4.79 Å². The first-order valence-corrected chi connectivity index (χ1v) is 10.9. The van der Waals surface area contributed by atoms with E-state index in [1.807, 2.05) is 24.3 Å². The maximum absolute atomic E-state index is 12.6. The molecule has 1 aromatic rings. The smallest absolute Gasteiger partial charge is 0.309 e. The first-order valence-electron chi connectivity index (χ1n) is 10.9. The number of nitrogens with zero attached hydrogens (tertiary/aromatic N) is 2. The molecule has 1 aromatic carbocycles. The molecular weight excluding hydrogens is 360 g/mol. The van der Waals surface area contributed by atoms with E-state index in [1.54, 1.807) is 6.08 Å². The van der Waals surface area contributed by atoms with Crippen LogP contribution in [-0.2, 0) is 9.53 Å². The van der Waals surface area contributed by atoms with Gasteiger partial charge in [-0.05, 0) is 93.7 Å². The third kappa shape index (κ3) is 6.20. The summed E-state index contributed by atoms with van der Waals surface area (Å²) in [6, 6.07) is 12.1. The second kappa shape index (κ2) is 10.8. The van der Waals surface area contributed by atoms with Crippen molar-refractivity contribution in [1.29, 1.82) is 10.5 Å². The van der Waals surface area contributed by atoms with Gasteiger partial charge in [-0.2, -0.15) is 10.5 Å². The Balaban J connectivity index is 1.37. The van der Waals surface area contributed by atoms with E-state index >= 15 is 0 Å². The maximum atomic E-state index is 12.6. The monoisotopic (exact) mass is 390 g/mol. The molecule has 0 atom stereocenters. The number of rotatable bonds is 6. The lowest BCUT2D eigenvalue weighted by Crippen LogP contribution is -2.29. The van der Waals surface area contributed by atoms with E-state index in [4.69, 9.17) is 15.3 Å². The molecule has 0 bridgehead atoms. The number of benzene rings is 1. The Labute approximate surface area is 174 Å². The van der Waals surface area contributed by atoms with E-state index in [2.05, 4.69) is 18.2 Å². The fourth-order valence-electron chi connectivity index (χ4n) is 4.76. The Hall–Kier alpha value is -2.59. The van der Waals surface area contributed by atoms with Crippen molar-refractivity contribution in [1.82, 2.24) is 0 Å². The van der Waals surface area contributed by atoms with Gasteiger partial charge >= 0.3 is 5.97 Å². The van der Waals surface area contributed by atoms with Crippen LogP contribution in [0.1, 0.15) is 81.3 Å². The Bertz CT molecular complexity index is 769. The van der Waals surface area contributed by atoms with Crippen LogP contribution < -0.4 is 0 Å². The third-order valence-electron chi connectivity index (χ3n) is 6.58. The zero-order valence-corrected chi connectivity index (χ0v) is 17.1. The largest absolute Gasteiger partial charge is 0.462 e. The summed E-state index contributed by atoms with van der Waals surface area (Å²) in [6.45, 7) is 0. The summed E-state index contributed by atoms with van der Waals surface area (Å²) >= 11 is 0. The molecule has 29 heavy (non-hydrogen) atoms. The summed E-state index contributed by atoms with van der Waals surface area (Å²) < 4.78 is 5.86. The third-order valence-corrected chi connectivity index (χ3v) is 6.58. The summed E-state index contributed by atoms with van der Waals surface area (Å²) in [6.07, 6.45) is 13.7. The molecule has 0 aliphatic heterocycles. The second-order valence-corrected chi connectivity index (χ2v) is 8.47. The second-order valence-electron chi connectivity index (χ2n) is 8.47. The van der Waals surface area contributed by atoms with Crippen molar-refractivity contribution in [3.63, 3.8) is 0 Å². The van der Waals surface area contributed by atoms with Crippen molar-refractivity contribution in [3.8, 4) is 12.1 Å². The van der Waals surface area contributed by atoms with E-state index < -0.39 is 0 Å². The van der Waals surface area contributed by atoms with Crippen molar-refractivity contribution < 1.29 is 9.53 Å². The number of hydrogen-bond acceptors (Lipinski definition) is 4. The molecule has 0 radical (unpaired) electrons. The number of carbonyl (C=O) groups is 1. The van der Waals surface area contributed by atoms with E-state index in [0.717, 1.165) is 64.2 Å². The first-order chi connectivity index (χ1) is 14.2. The van der Waals surface area contributed by atoms with Crippen molar-refractivity contribution in [2.24, 2.45) is 11.8 Å². The predicted molar refractivity (Wildman–Crippen MR) is 112 cm³/mol. The first kappa shape index (κ1) is 21.1. The van der Waals surface area contributed by atoms with Crippen molar-refractivity contribution in [3.05, 3.63) is 47.5 Å². The van der Waals surface area contributed by atoms with Crippen LogP contribution in [0.25, 0.3) is 0 Å². The molecular formula is C25H30N2O2. The van der Waals surface area contributed by atoms with E-state index in [1.165, 1.54) is 5.56 Å². The molecule has 152 valence electrons. The number of esters is 1. The van der Waals surface area contributed by atoms with Crippen LogP contribution >= 0.6 is 0 Å². The van der Waals surface area contributed by atoms with Crippen LogP contribution in [0.3, 0.4) is 0 Å². The van der Waals surface area contributed by atoms with Gasteiger partial charge in [-0.15, -0.1) is 0 Å². The zero-order valence-electron chi connectivity index (χ0n) is 17.1. The highest BCUT2D eigenvalue weighted by atomic mass is 16.5. The Kier molecular flexibility index (Phi) is 7.88. The summed E-state index contributed by atoms with van der Waals surface area (Å²) in [5.74, 6) is 1.22. The molecule has 0 N–H and O–H groups in total. The normalized spacial score (nSPS) is 27.1. The van der Waals surface area contributed by atoms with Gasteiger partial charge in [0.1, 0.15) is 6.10 Å². The number of allylic oxidation sites excluding steroid dienone is 2. The van der Waals surface area contributed by atoms with Gasteiger partial charge in [-0.1, -0.05) is 18.2 Å². The fraction of sp³-hybridized carbons (Fsp3) is 0.560. The van der Waals surface area contributed by atoms with E-state index in [-0.39, 0.29) is 18.0 Å². The van der Waals surface area contributed by atoms with Crippen molar-refractivity contribution in [2.75, 3.05) is 0 Å². The lowest BCUT2D eigenvalue weighted by molar-refractivity contribution is -0.157. The molecule has 2 saturated carbocycles. The topological polar surface area (TPSA) is 73.9 Å². The standard InChI is InChI=1S/C25H30N2O2/c26-17-3-1-2-4-19-7-15-24(16-8-19)29-25(28)23-13-11-22(12-14-23)21-9-5-20(18-27)6-10-21/h1,3,5-6,9-10,19,22-24H,2,4,7-8,11-16H2/t19-,22-,23-,24-. The minimum Gasteiger partial charge on any atom is -0.462 e. The van der Waals surface area contributed by atoms with Gasteiger partial charge in [0, 0.05) is 6.08 Å². The number of ether oxygens (including phenoxy) is 1. The van der Waals surface area contributed by atoms with Crippen LogP contribution in [0.15, 0.2) is 36.4 Å². The molecule has 0 saturated heterocycles. The average molecular weight is 391 g/mol. The lowest BCUT2D eigenvalue weighted by atomic mass is 9.78. The Morgan fingerprint density at radius 2 is 1.69 bits per heavy atom. The van der Waals surface area contributed by atoms with Crippen LogP contribution in [0.4, 0.5) is 0 Å². The quantitative estimate of drug-likeness (QED) is 0.455. The van der Waals surface area contributed by atoms with Crippen LogP contribution in [0.2, 0.25) is 0 Å². The molecule has 0 amide bonds. The number of nitriles is 2. The summed E-state index contributed by atoms with van der Waals surface area (Å²) in [5, 5.41) is 17.5. The molecule has 2 aliphatic rings. The zero-order chi connectivity index (χ0) is 20.5. The van der Waals surface area contributed by atoms with Gasteiger partial charge in [0.15, 0.2) is 0 Å². The van der Waals surface area contributed by atoms with Crippen LogP contribution in [0.5, 0.6) is 0 Å². The van der Waals surface area contributed by atoms with Gasteiger partial charge in [-0.25, -0.2) is 0 Å². The molecule has 4 nitrogen and oxygen atoms in total. The highest BCUT2D eigenvalue weighted by molar-refractivity contribution is 5.72. The van der Waals surface area contributed by atoms with Crippen LogP contribution in [-0.4, -0.2) is 12.1 Å². The van der Waals surface area contributed by atoms with Crippen LogP contribution in [0, 0.1) is 34.5 Å². The fourth-order valence-corrected chi connectivity index (χ4v) is 4.76. The van der Waals surface area contributed by atoms with Gasteiger partial charge in [-0.3, -0.25) is 4.79 Å². The highest BCUT2D eigenvalue weighted by Gasteiger charge is 2.31. The molecule has 3 rings (SSSR count). The van der Waals surface area contributed by atoms with Gasteiger partial charge in [0.2, 0.25) is 0 Å². The molecule has 0 aromatic heterocycles. The van der Waals surface area contributed by atoms with Gasteiger partial charge in [0.05, 0.1) is 23.6 Å². The highest BCUT2D eigenvalue weighted by Crippen LogP contribution is 2.37. The van der Waals surface area contributed by atoms with Crippen molar-refractivity contribution >= 4 is 5.97 Å². The number of hydrogen-bond donors (Lipinski definition) is 0. The summed E-state index contributed by atoms with van der Waals surface area (Å²) in [5.41, 5.74) is 1.97. The maximum Gasteiger partial charge on any atom is 0.309 e. The van der Waals surface area contributed by atoms with Gasteiger partial charge in [0.25, 0.3) is 0 Å². The van der Waals surface area contributed by atoms with E-state index in [0.29, 0.717) is 17.4 Å². The lowest BCUT2D eigenvalue weighted by Gasteiger charge is -2.31. The van der Waals surface area contributed by atoms with Crippen molar-refractivity contribution in [2.45, 2.75) is 76.2 Å². The molecule has 2 aliphatic carbocycles. The molecule has 0 spiro atoms. The minimum absolute atomic E-state index is 0.00341. The molecule has 0 unspecified atom stereocenters. The molecule has 4 heteroatoms.